The third-order valence-corrected chi connectivity index (χ3v) is 5.25. The zero-order valence-corrected chi connectivity index (χ0v) is 13.2. The van der Waals surface area contributed by atoms with Gasteiger partial charge in [0, 0.05) is 24.1 Å². The Balaban J connectivity index is 1.75. The smallest absolute Gasteiger partial charge is 0.123 e. The molecule has 1 aromatic carbocycles. The summed E-state index contributed by atoms with van der Waals surface area (Å²) in [6.45, 7) is 4.22. The Morgan fingerprint density at radius 3 is 2.81 bits per heavy atom. The van der Waals surface area contributed by atoms with Gasteiger partial charge in [0.1, 0.15) is 5.75 Å². The number of hydrogen-bond donors (Lipinski definition) is 1. The van der Waals surface area contributed by atoms with Crippen LogP contribution in [0.4, 0.5) is 0 Å². The first-order chi connectivity index (χ1) is 10.2. The average Bonchev–Trinajstić information content (AvgIpc) is 3.08. The molecular formula is C18H27NO2. The third kappa shape index (κ3) is 3.09. The molecule has 0 aromatic heterocycles. The Kier molecular flexibility index (Phi) is 4.51. The lowest BCUT2D eigenvalue weighted by molar-refractivity contribution is 0.0716. The topological polar surface area (TPSA) is 32.7 Å². The summed E-state index contributed by atoms with van der Waals surface area (Å²) >= 11 is 0. The highest BCUT2D eigenvalue weighted by atomic mass is 16.5. The number of aryl methyl sites for hydroxylation is 1. The molecule has 2 fully saturated rings. The van der Waals surface area contributed by atoms with E-state index in [0.29, 0.717) is 12.0 Å². The fourth-order valence-electron chi connectivity index (χ4n) is 4.20. The summed E-state index contributed by atoms with van der Waals surface area (Å²) < 4.78 is 5.52. The van der Waals surface area contributed by atoms with E-state index in [4.69, 9.17) is 4.74 Å². The molecule has 0 radical (unpaired) electrons. The molecule has 3 heteroatoms. The molecule has 1 aliphatic heterocycles. The fraction of sp³-hybridized carbons (Fsp3) is 0.667. The summed E-state index contributed by atoms with van der Waals surface area (Å²) in [6.07, 6.45) is 5.76. The summed E-state index contributed by atoms with van der Waals surface area (Å²) in [5, 5.41) is 10.2. The van der Waals surface area contributed by atoms with Crippen LogP contribution in [0.5, 0.6) is 5.75 Å². The van der Waals surface area contributed by atoms with Crippen LogP contribution in [-0.2, 0) is 6.54 Å². The highest BCUT2D eigenvalue weighted by Crippen LogP contribution is 2.37. The van der Waals surface area contributed by atoms with Gasteiger partial charge < -0.3 is 9.84 Å². The van der Waals surface area contributed by atoms with Crippen LogP contribution in [0.15, 0.2) is 18.2 Å². The molecule has 3 rings (SSSR count). The van der Waals surface area contributed by atoms with E-state index >= 15 is 0 Å². The second-order valence-electron chi connectivity index (χ2n) is 6.66. The van der Waals surface area contributed by atoms with E-state index in [0.717, 1.165) is 25.3 Å². The fourth-order valence-corrected chi connectivity index (χ4v) is 4.20. The molecule has 1 aliphatic carbocycles. The molecule has 116 valence electrons. The minimum Gasteiger partial charge on any atom is -0.496 e. The summed E-state index contributed by atoms with van der Waals surface area (Å²) in [6, 6.07) is 6.96. The number of hydrogen-bond acceptors (Lipinski definition) is 3. The number of aliphatic hydroxyl groups is 1. The lowest BCUT2D eigenvalue weighted by atomic mass is 9.93. The maximum atomic E-state index is 10.2. The first kappa shape index (κ1) is 14.9. The second kappa shape index (κ2) is 6.37. The number of ether oxygens (including phenoxy) is 1. The molecule has 3 nitrogen and oxygen atoms in total. The van der Waals surface area contributed by atoms with Gasteiger partial charge in [-0.25, -0.2) is 0 Å². The molecule has 1 saturated heterocycles. The van der Waals surface area contributed by atoms with Crippen LogP contribution >= 0.6 is 0 Å². The van der Waals surface area contributed by atoms with Gasteiger partial charge in [0.2, 0.25) is 0 Å². The number of methoxy groups -OCH3 is 1. The van der Waals surface area contributed by atoms with Crippen molar-refractivity contribution in [3.63, 3.8) is 0 Å². The zero-order valence-electron chi connectivity index (χ0n) is 13.2. The molecule has 2 aliphatic rings. The van der Waals surface area contributed by atoms with Crippen LogP contribution in [-0.4, -0.2) is 35.8 Å². The molecule has 1 N–H and O–H groups in total. The number of aliphatic hydroxyl groups excluding tert-OH is 1. The SMILES string of the molecule is COc1ccc(C)cc1CN1CCCC1C1CCCC1O. The van der Waals surface area contributed by atoms with Crippen molar-refractivity contribution in [1.29, 1.82) is 0 Å². The molecule has 0 spiro atoms. The van der Waals surface area contributed by atoms with Crippen molar-refractivity contribution in [2.75, 3.05) is 13.7 Å². The van der Waals surface area contributed by atoms with Crippen molar-refractivity contribution in [1.82, 2.24) is 4.90 Å². The standard InChI is InChI=1S/C18H27NO2/c1-13-8-9-18(21-2)14(11-13)12-19-10-4-6-16(19)15-5-3-7-17(15)20/h8-9,11,15-17,20H,3-7,10,12H2,1-2H3. The average molecular weight is 289 g/mol. The molecule has 1 aromatic rings. The van der Waals surface area contributed by atoms with Gasteiger partial charge in [-0.15, -0.1) is 0 Å². The van der Waals surface area contributed by atoms with Crippen LogP contribution in [0.3, 0.4) is 0 Å². The van der Waals surface area contributed by atoms with Gasteiger partial charge in [-0.05, 0) is 45.2 Å². The Morgan fingerprint density at radius 1 is 1.24 bits per heavy atom. The number of likely N-dealkylation sites (tertiary alicyclic amines) is 1. The normalized spacial score (nSPS) is 30.0. The highest BCUT2D eigenvalue weighted by Gasteiger charge is 2.38. The van der Waals surface area contributed by atoms with E-state index < -0.39 is 0 Å². The largest absolute Gasteiger partial charge is 0.496 e. The summed E-state index contributed by atoms with van der Waals surface area (Å²) in [5.41, 5.74) is 2.55. The molecular weight excluding hydrogens is 262 g/mol. The van der Waals surface area contributed by atoms with Gasteiger partial charge in [0.05, 0.1) is 13.2 Å². The van der Waals surface area contributed by atoms with Crippen molar-refractivity contribution in [3.05, 3.63) is 29.3 Å². The summed E-state index contributed by atoms with van der Waals surface area (Å²) in [5.74, 6) is 1.46. The Bertz CT molecular complexity index is 488. The maximum Gasteiger partial charge on any atom is 0.123 e. The van der Waals surface area contributed by atoms with Gasteiger partial charge in [-0.2, -0.15) is 0 Å². The monoisotopic (exact) mass is 289 g/mol. The van der Waals surface area contributed by atoms with Crippen molar-refractivity contribution in [2.45, 2.75) is 57.7 Å². The molecule has 3 unspecified atom stereocenters. The minimum atomic E-state index is -0.0880. The van der Waals surface area contributed by atoms with Crippen molar-refractivity contribution in [3.8, 4) is 5.75 Å². The Labute approximate surface area is 127 Å². The van der Waals surface area contributed by atoms with Gasteiger partial charge in [-0.3, -0.25) is 4.90 Å². The maximum absolute atomic E-state index is 10.2. The van der Waals surface area contributed by atoms with Crippen molar-refractivity contribution in [2.24, 2.45) is 5.92 Å². The van der Waals surface area contributed by atoms with E-state index in [1.165, 1.54) is 36.8 Å². The van der Waals surface area contributed by atoms with E-state index in [9.17, 15) is 5.11 Å². The first-order valence-corrected chi connectivity index (χ1v) is 8.24. The number of benzene rings is 1. The summed E-state index contributed by atoms with van der Waals surface area (Å²) in [7, 11) is 1.75. The molecule has 1 saturated carbocycles. The predicted molar refractivity (Wildman–Crippen MR) is 84.5 cm³/mol. The molecule has 3 atom stereocenters. The Hall–Kier alpha value is -1.06. The second-order valence-corrected chi connectivity index (χ2v) is 6.66. The molecule has 0 bridgehead atoms. The van der Waals surface area contributed by atoms with Crippen molar-refractivity contribution >= 4 is 0 Å². The number of rotatable bonds is 4. The quantitative estimate of drug-likeness (QED) is 0.924. The van der Waals surface area contributed by atoms with Crippen LogP contribution in [0.1, 0.15) is 43.2 Å². The first-order valence-electron chi connectivity index (χ1n) is 8.24. The van der Waals surface area contributed by atoms with Crippen LogP contribution in [0, 0.1) is 12.8 Å². The van der Waals surface area contributed by atoms with Gasteiger partial charge in [0.25, 0.3) is 0 Å². The number of nitrogens with zero attached hydrogens (tertiary/aromatic N) is 1. The van der Waals surface area contributed by atoms with E-state index in [1.807, 2.05) is 0 Å². The zero-order chi connectivity index (χ0) is 14.8. The predicted octanol–water partition coefficient (Wildman–Crippen LogP) is 3.13. The lowest BCUT2D eigenvalue weighted by Gasteiger charge is -2.31. The molecule has 0 amide bonds. The lowest BCUT2D eigenvalue weighted by Crippen LogP contribution is -2.38. The molecule has 21 heavy (non-hydrogen) atoms. The van der Waals surface area contributed by atoms with Crippen LogP contribution < -0.4 is 4.74 Å². The van der Waals surface area contributed by atoms with Gasteiger partial charge in [-0.1, -0.05) is 24.1 Å². The Morgan fingerprint density at radius 2 is 2.10 bits per heavy atom. The summed E-state index contributed by atoms with van der Waals surface area (Å²) in [4.78, 5) is 2.57. The van der Waals surface area contributed by atoms with Gasteiger partial charge in [0.15, 0.2) is 0 Å². The van der Waals surface area contributed by atoms with E-state index in [-0.39, 0.29) is 6.10 Å². The van der Waals surface area contributed by atoms with E-state index in [2.05, 4.69) is 30.0 Å². The van der Waals surface area contributed by atoms with Crippen molar-refractivity contribution < 1.29 is 9.84 Å². The third-order valence-electron chi connectivity index (χ3n) is 5.25. The van der Waals surface area contributed by atoms with E-state index in [1.54, 1.807) is 7.11 Å². The minimum absolute atomic E-state index is 0.0880. The van der Waals surface area contributed by atoms with Crippen LogP contribution in [0.25, 0.3) is 0 Å². The van der Waals surface area contributed by atoms with Gasteiger partial charge >= 0.3 is 0 Å². The van der Waals surface area contributed by atoms with Crippen LogP contribution in [0.2, 0.25) is 0 Å². The highest BCUT2D eigenvalue weighted by molar-refractivity contribution is 5.36. The molecule has 1 heterocycles.